The van der Waals surface area contributed by atoms with Crippen molar-refractivity contribution in [3.05, 3.63) is 77.6 Å². The number of halogens is 1. The summed E-state index contributed by atoms with van der Waals surface area (Å²) < 4.78 is 16.2. The van der Waals surface area contributed by atoms with E-state index in [-0.39, 0.29) is 43.8 Å². The van der Waals surface area contributed by atoms with E-state index in [2.05, 4.69) is 10.3 Å². The summed E-state index contributed by atoms with van der Waals surface area (Å²) in [5, 5.41) is 10.9. The van der Waals surface area contributed by atoms with Gasteiger partial charge in [-0.05, 0) is 56.3 Å². The molecule has 0 bridgehead atoms. The Labute approximate surface area is 243 Å². The summed E-state index contributed by atoms with van der Waals surface area (Å²) >= 11 is 0. The molecule has 4 rings (SSSR count). The number of H-pyrrole nitrogens is 1. The lowest BCUT2D eigenvalue weighted by molar-refractivity contribution is -0.142. The van der Waals surface area contributed by atoms with Gasteiger partial charge in [0.1, 0.15) is 23.2 Å². The molecule has 0 aliphatic heterocycles. The molecule has 41 heavy (non-hydrogen) atoms. The molecular formula is C29H33ClN6O5. The molecule has 11 nitrogen and oxygen atoms in total. The Hall–Kier alpha value is -4.77. The van der Waals surface area contributed by atoms with Crippen molar-refractivity contribution < 1.29 is 23.8 Å². The van der Waals surface area contributed by atoms with Crippen LogP contribution in [-0.2, 0) is 16.1 Å². The van der Waals surface area contributed by atoms with Crippen LogP contribution in [0.15, 0.2) is 60.7 Å². The number of ether oxygens (including phenoxy) is 3. The lowest BCUT2D eigenvalue weighted by atomic mass is 10.1. The lowest BCUT2D eigenvalue weighted by Gasteiger charge is -2.22. The summed E-state index contributed by atoms with van der Waals surface area (Å²) in [5.74, 6) is 1.15. The average molecular weight is 581 g/mol. The highest BCUT2D eigenvalue weighted by atomic mass is 35.5. The lowest BCUT2D eigenvalue weighted by Crippen LogP contribution is -2.35. The number of rotatable bonds is 11. The van der Waals surface area contributed by atoms with Crippen molar-refractivity contribution in [1.82, 2.24) is 9.97 Å². The smallest absolute Gasteiger partial charge is 0.419 e. The first-order valence-corrected chi connectivity index (χ1v) is 12.7. The minimum atomic E-state index is -0.614. The van der Waals surface area contributed by atoms with Crippen LogP contribution >= 0.6 is 12.4 Å². The number of benzene rings is 3. The molecule has 4 aromatic rings. The second kappa shape index (κ2) is 14.0. The molecule has 0 spiro atoms. The summed E-state index contributed by atoms with van der Waals surface area (Å²) in [4.78, 5) is 34.6. The summed E-state index contributed by atoms with van der Waals surface area (Å²) in [6.07, 6.45) is -0.579. The molecule has 216 valence electrons. The van der Waals surface area contributed by atoms with Crippen molar-refractivity contribution in [2.24, 2.45) is 5.73 Å². The Kier molecular flexibility index (Phi) is 10.5. The highest BCUT2D eigenvalue weighted by Crippen LogP contribution is 2.29. The van der Waals surface area contributed by atoms with Gasteiger partial charge in [0.05, 0.1) is 43.4 Å². The Bertz CT molecular complexity index is 1530. The quantitative estimate of drug-likeness (QED) is 0.108. The number of esters is 1. The van der Waals surface area contributed by atoms with Crippen LogP contribution < -0.4 is 25.4 Å². The number of aromatic amines is 1. The fraction of sp³-hybridized carbons (Fsp3) is 0.241. The maximum Gasteiger partial charge on any atom is 0.419 e. The number of hydrogen-bond acceptors (Lipinski definition) is 8. The number of carbonyl (C=O) groups excluding carboxylic acids is 2. The van der Waals surface area contributed by atoms with Crippen LogP contribution in [0.4, 0.5) is 16.2 Å². The number of nitrogens with one attached hydrogen (secondary N) is 3. The van der Waals surface area contributed by atoms with Crippen molar-refractivity contribution in [2.45, 2.75) is 26.8 Å². The molecule has 0 aliphatic carbocycles. The minimum Gasteiger partial charge on any atom is -0.495 e. The molecule has 0 saturated carbocycles. The molecule has 0 saturated heterocycles. The second-order valence-electron chi connectivity index (χ2n) is 8.86. The number of methoxy groups -OCH3 is 1. The molecule has 12 heteroatoms. The maximum atomic E-state index is 13.2. The summed E-state index contributed by atoms with van der Waals surface area (Å²) in [6, 6.07) is 17.8. The third-order valence-electron chi connectivity index (χ3n) is 6.20. The molecule has 0 aliphatic rings. The molecule has 1 aromatic heterocycles. The standard InChI is InChI=1S/C29H32N6O5.ClH/c1-4-39-26(36)14-15-35(20-8-6-5-7-9-20)29(37)40-23-13-12-22-27(18(23)2)34-25(33-22)17-32-21-11-10-19(28(30)31)16-24(21)38-3;/h5-13,16,32H,4,14-15,17H2,1-3H3,(H3,30,31)(H,33,34);1H. The van der Waals surface area contributed by atoms with Crippen LogP contribution in [0, 0.1) is 12.3 Å². The third kappa shape index (κ3) is 7.46. The molecule has 3 aromatic carbocycles. The van der Waals surface area contributed by atoms with E-state index in [4.69, 9.17) is 30.3 Å². The van der Waals surface area contributed by atoms with Gasteiger partial charge < -0.3 is 30.2 Å². The van der Waals surface area contributed by atoms with E-state index in [0.717, 1.165) is 11.2 Å². The van der Waals surface area contributed by atoms with Gasteiger partial charge >= 0.3 is 12.1 Å². The minimum absolute atomic E-state index is 0. The fourth-order valence-corrected chi connectivity index (χ4v) is 4.14. The summed E-state index contributed by atoms with van der Waals surface area (Å²) in [7, 11) is 1.55. The van der Waals surface area contributed by atoms with Crippen LogP contribution in [0.5, 0.6) is 11.5 Å². The Balaban J connectivity index is 0.00000462. The number of nitrogen functional groups attached to an aromatic ring is 1. The van der Waals surface area contributed by atoms with Crippen molar-refractivity contribution in [1.29, 1.82) is 5.41 Å². The first kappa shape index (κ1) is 30.8. The molecule has 0 atom stereocenters. The van der Waals surface area contributed by atoms with Crippen LogP contribution in [0.2, 0.25) is 0 Å². The molecule has 0 fully saturated rings. The zero-order valence-electron chi connectivity index (χ0n) is 23.0. The normalized spacial score (nSPS) is 10.4. The number of para-hydroxylation sites is 1. The Morgan fingerprint density at radius 3 is 2.54 bits per heavy atom. The predicted octanol–water partition coefficient (Wildman–Crippen LogP) is 5.16. The molecule has 5 N–H and O–H groups in total. The van der Waals surface area contributed by atoms with E-state index in [9.17, 15) is 9.59 Å². The zero-order chi connectivity index (χ0) is 28.6. The van der Waals surface area contributed by atoms with Gasteiger partial charge in [-0.2, -0.15) is 0 Å². The number of nitrogens with two attached hydrogens (primary N) is 1. The van der Waals surface area contributed by atoms with E-state index < -0.39 is 6.09 Å². The Morgan fingerprint density at radius 2 is 1.85 bits per heavy atom. The van der Waals surface area contributed by atoms with Crippen LogP contribution in [-0.4, -0.2) is 48.1 Å². The first-order chi connectivity index (χ1) is 19.3. The van der Waals surface area contributed by atoms with Gasteiger partial charge in [-0.25, -0.2) is 9.78 Å². The predicted molar refractivity (Wildman–Crippen MR) is 160 cm³/mol. The fourth-order valence-electron chi connectivity index (χ4n) is 4.14. The number of imidazole rings is 1. The van der Waals surface area contributed by atoms with Gasteiger partial charge in [0.25, 0.3) is 0 Å². The highest BCUT2D eigenvalue weighted by molar-refractivity contribution is 5.96. The number of fused-ring (bicyclic) bond motifs is 1. The second-order valence-corrected chi connectivity index (χ2v) is 8.86. The topological polar surface area (TPSA) is 156 Å². The van der Waals surface area contributed by atoms with Crippen molar-refractivity contribution in [2.75, 3.05) is 30.5 Å². The molecule has 1 heterocycles. The largest absolute Gasteiger partial charge is 0.495 e. The number of amides is 1. The zero-order valence-corrected chi connectivity index (χ0v) is 23.8. The van der Waals surface area contributed by atoms with Crippen LogP contribution in [0.1, 0.15) is 30.3 Å². The van der Waals surface area contributed by atoms with Crippen molar-refractivity contribution in [3.63, 3.8) is 0 Å². The van der Waals surface area contributed by atoms with Crippen LogP contribution in [0.3, 0.4) is 0 Å². The van der Waals surface area contributed by atoms with Crippen molar-refractivity contribution in [3.8, 4) is 11.5 Å². The van der Waals surface area contributed by atoms with Gasteiger partial charge in [-0.15, -0.1) is 12.4 Å². The number of amidine groups is 1. The van der Waals surface area contributed by atoms with E-state index >= 15 is 0 Å². The number of carbonyl (C=O) groups is 2. The van der Waals surface area contributed by atoms with E-state index in [1.165, 1.54) is 4.90 Å². The van der Waals surface area contributed by atoms with E-state index in [1.807, 2.05) is 25.1 Å². The van der Waals surface area contributed by atoms with E-state index in [1.54, 1.807) is 56.5 Å². The number of aryl methyl sites for hydroxylation is 1. The Morgan fingerprint density at radius 1 is 1.10 bits per heavy atom. The number of anilines is 2. The van der Waals surface area contributed by atoms with E-state index in [0.29, 0.717) is 46.2 Å². The first-order valence-electron chi connectivity index (χ1n) is 12.7. The van der Waals surface area contributed by atoms with Gasteiger partial charge in [0, 0.05) is 23.4 Å². The number of nitrogens with zero attached hydrogens (tertiary/aromatic N) is 2. The van der Waals surface area contributed by atoms with Crippen molar-refractivity contribution >= 4 is 52.7 Å². The van der Waals surface area contributed by atoms with Crippen LogP contribution in [0.25, 0.3) is 11.0 Å². The summed E-state index contributed by atoms with van der Waals surface area (Å²) in [5.41, 5.74) is 9.62. The number of hydrogen-bond donors (Lipinski definition) is 4. The van der Waals surface area contributed by atoms with Gasteiger partial charge in [-0.3, -0.25) is 15.1 Å². The van der Waals surface area contributed by atoms with Gasteiger partial charge in [0.2, 0.25) is 0 Å². The molecule has 1 amide bonds. The monoisotopic (exact) mass is 580 g/mol. The molecule has 0 unspecified atom stereocenters. The third-order valence-corrected chi connectivity index (χ3v) is 6.20. The summed E-state index contributed by atoms with van der Waals surface area (Å²) in [6.45, 7) is 4.32. The molecule has 0 radical (unpaired) electrons. The average Bonchev–Trinajstić information content (AvgIpc) is 3.38. The maximum absolute atomic E-state index is 13.2. The highest BCUT2D eigenvalue weighted by Gasteiger charge is 2.21. The van der Waals surface area contributed by atoms with Gasteiger partial charge in [0.15, 0.2) is 0 Å². The van der Waals surface area contributed by atoms with Gasteiger partial charge in [-0.1, -0.05) is 18.2 Å². The number of aromatic nitrogens is 2. The SMILES string of the molecule is CCOC(=O)CCN(C(=O)Oc1ccc2[nH]c(CNc3ccc(C(=N)N)cc3OC)nc2c1C)c1ccccc1.Cl. The molecular weight excluding hydrogens is 548 g/mol.